The molecule has 5 nitrogen and oxygen atoms in total. The Bertz CT molecular complexity index is 406. The second-order valence-electron chi connectivity index (χ2n) is 5.79. The van der Waals surface area contributed by atoms with E-state index in [1.165, 1.54) is 0 Å². The maximum Gasteiger partial charge on any atom is 0.0835 e. The number of ether oxygens (including phenoxy) is 1. The molecule has 1 atom stereocenters. The van der Waals surface area contributed by atoms with Crippen LogP contribution in [0, 0.1) is 0 Å². The van der Waals surface area contributed by atoms with Crippen LogP contribution in [0.25, 0.3) is 0 Å². The topological polar surface area (TPSA) is 42.3 Å². The molecule has 1 aromatic rings. The third-order valence-corrected chi connectivity index (χ3v) is 3.45. The van der Waals surface area contributed by atoms with Crippen molar-refractivity contribution in [2.24, 2.45) is 0 Å². The van der Waals surface area contributed by atoms with E-state index >= 15 is 0 Å². The van der Waals surface area contributed by atoms with Crippen LogP contribution in [0.3, 0.4) is 0 Å². The highest BCUT2D eigenvalue weighted by Gasteiger charge is 2.20. The highest BCUT2D eigenvalue weighted by molar-refractivity contribution is 6.31. The molecule has 1 aromatic heterocycles. The van der Waals surface area contributed by atoms with Crippen LogP contribution in [-0.2, 0) is 11.3 Å². The molecule has 0 spiro atoms. The van der Waals surface area contributed by atoms with Crippen LogP contribution in [0.15, 0.2) is 6.20 Å². The molecule has 1 unspecified atom stereocenters. The number of nitrogens with zero attached hydrogens (tertiary/aromatic N) is 3. The van der Waals surface area contributed by atoms with E-state index < -0.39 is 0 Å². The number of rotatable bonds is 10. The van der Waals surface area contributed by atoms with Crippen molar-refractivity contribution in [1.29, 1.82) is 0 Å². The van der Waals surface area contributed by atoms with Crippen molar-refractivity contribution in [3.63, 3.8) is 0 Å². The monoisotopic (exact) mass is 316 g/mol. The van der Waals surface area contributed by atoms with Crippen molar-refractivity contribution < 1.29 is 4.74 Å². The Morgan fingerprint density at radius 3 is 2.71 bits per heavy atom. The molecule has 0 saturated carbocycles. The Morgan fingerprint density at radius 2 is 2.14 bits per heavy atom. The molecule has 0 fully saturated rings. The molecule has 1 N–H and O–H groups in total. The number of halogens is 1. The smallest absolute Gasteiger partial charge is 0.0835 e. The van der Waals surface area contributed by atoms with Crippen LogP contribution < -0.4 is 5.32 Å². The largest absolute Gasteiger partial charge is 0.377 e. The number of likely N-dealkylation sites (N-methyl/N-ethyl adjacent to an activating group) is 1. The standard InChI is InChI=1S/C15H29ClN4O/c1-6-7-17-14(11-21-12(2)3)15-13(16)10-18-20(15)9-8-19(4)5/h10,12,14,17H,6-9,11H2,1-5H3. The minimum absolute atomic E-state index is 0.0736. The maximum absolute atomic E-state index is 6.36. The molecule has 0 saturated heterocycles. The van der Waals surface area contributed by atoms with Gasteiger partial charge in [0.15, 0.2) is 0 Å². The lowest BCUT2D eigenvalue weighted by Gasteiger charge is -2.22. The van der Waals surface area contributed by atoms with Gasteiger partial charge in [0.1, 0.15) is 0 Å². The summed E-state index contributed by atoms with van der Waals surface area (Å²) in [7, 11) is 4.11. The van der Waals surface area contributed by atoms with E-state index in [2.05, 4.69) is 36.3 Å². The van der Waals surface area contributed by atoms with E-state index in [1.807, 2.05) is 18.5 Å². The van der Waals surface area contributed by atoms with Crippen molar-refractivity contribution in [3.05, 3.63) is 16.9 Å². The first-order valence-electron chi connectivity index (χ1n) is 7.66. The summed E-state index contributed by atoms with van der Waals surface area (Å²) in [6, 6.07) is 0.0736. The highest BCUT2D eigenvalue weighted by atomic mass is 35.5. The molecule has 1 rings (SSSR count). The van der Waals surface area contributed by atoms with Crippen molar-refractivity contribution in [3.8, 4) is 0 Å². The first kappa shape index (κ1) is 18.4. The van der Waals surface area contributed by atoms with E-state index in [1.54, 1.807) is 6.20 Å². The van der Waals surface area contributed by atoms with Gasteiger partial charge >= 0.3 is 0 Å². The summed E-state index contributed by atoms with van der Waals surface area (Å²) in [5.41, 5.74) is 1.02. The SMILES string of the molecule is CCCNC(COC(C)C)c1c(Cl)cnn1CCN(C)C. The van der Waals surface area contributed by atoms with Gasteiger partial charge in [0.2, 0.25) is 0 Å². The van der Waals surface area contributed by atoms with Gasteiger partial charge in [0.25, 0.3) is 0 Å². The van der Waals surface area contributed by atoms with Crippen molar-refractivity contribution in [1.82, 2.24) is 20.0 Å². The van der Waals surface area contributed by atoms with Gasteiger partial charge in [0.05, 0.1) is 42.2 Å². The predicted molar refractivity (Wildman–Crippen MR) is 87.9 cm³/mol. The fourth-order valence-electron chi connectivity index (χ4n) is 2.03. The minimum atomic E-state index is 0.0736. The van der Waals surface area contributed by atoms with Gasteiger partial charge in [-0.15, -0.1) is 0 Å². The molecular weight excluding hydrogens is 288 g/mol. The van der Waals surface area contributed by atoms with Crippen molar-refractivity contribution in [2.75, 3.05) is 33.8 Å². The average Bonchev–Trinajstić information content (AvgIpc) is 2.78. The predicted octanol–water partition coefficient (Wildman–Crippen LogP) is 2.56. The molecule has 1 heterocycles. The Morgan fingerprint density at radius 1 is 1.43 bits per heavy atom. The summed E-state index contributed by atoms with van der Waals surface area (Å²) in [5, 5.41) is 8.62. The third-order valence-electron chi connectivity index (χ3n) is 3.16. The van der Waals surface area contributed by atoms with E-state index in [4.69, 9.17) is 16.3 Å². The number of hydrogen-bond donors (Lipinski definition) is 1. The fraction of sp³-hybridized carbons (Fsp3) is 0.800. The molecule has 0 aliphatic carbocycles. The van der Waals surface area contributed by atoms with Crippen LogP contribution >= 0.6 is 11.6 Å². The van der Waals surface area contributed by atoms with Crippen molar-refractivity contribution >= 4 is 11.6 Å². The molecule has 0 aliphatic rings. The summed E-state index contributed by atoms with van der Waals surface area (Å²) >= 11 is 6.36. The molecule has 0 amide bonds. The summed E-state index contributed by atoms with van der Waals surface area (Å²) < 4.78 is 7.77. The lowest BCUT2D eigenvalue weighted by molar-refractivity contribution is 0.0593. The lowest BCUT2D eigenvalue weighted by Crippen LogP contribution is -2.31. The molecule has 0 aromatic carbocycles. The van der Waals surface area contributed by atoms with E-state index in [9.17, 15) is 0 Å². The Balaban J connectivity index is 2.85. The molecule has 0 bridgehead atoms. The van der Waals surface area contributed by atoms with Crippen LogP contribution in [0.5, 0.6) is 0 Å². The van der Waals surface area contributed by atoms with Gasteiger partial charge in [-0.3, -0.25) is 4.68 Å². The average molecular weight is 317 g/mol. The number of aromatic nitrogens is 2. The zero-order chi connectivity index (χ0) is 15.8. The van der Waals surface area contributed by atoms with Gasteiger partial charge in [-0.05, 0) is 40.9 Å². The summed E-state index contributed by atoms with van der Waals surface area (Å²) in [6.07, 6.45) is 3.00. The van der Waals surface area contributed by atoms with Crippen molar-refractivity contribution in [2.45, 2.75) is 45.9 Å². The van der Waals surface area contributed by atoms with Crippen LogP contribution in [0.4, 0.5) is 0 Å². The summed E-state index contributed by atoms with van der Waals surface area (Å²) in [6.45, 7) is 9.52. The molecule has 6 heteroatoms. The lowest BCUT2D eigenvalue weighted by atomic mass is 10.2. The van der Waals surface area contributed by atoms with Gasteiger partial charge in [0, 0.05) is 6.54 Å². The van der Waals surface area contributed by atoms with Crippen LogP contribution in [-0.4, -0.2) is 54.6 Å². The third kappa shape index (κ3) is 6.34. The van der Waals surface area contributed by atoms with Gasteiger partial charge in [-0.25, -0.2) is 0 Å². The van der Waals surface area contributed by atoms with Gasteiger partial charge in [-0.2, -0.15) is 5.10 Å². The second-order valence-corrected chi connectivity index (χ2v) is 6.20. The molecule has 21 heavy (non-hydrogen) atoms. The zero-order valence-corrected chi connectivity index (χ0v) is 14.7. The quantitative estimate of drug-likeness (QED) is 0.720. The first-order chi connectivity index (χ1) is 9.95. The van der Waals surface area contributed by atoms with Gasteiger partial charge in [-0.1, -0.05) is 18.5 Å². The summed E-state index contributed by atoms with van der Waals surface area (Å²) in [4.78, 5) is 2.14. The highest BCUT2D eigenvalue weighted by Crippen LogP contribution is 2.23. The molecule has 0 aliphatic heterocycles. The zero-order valence-electron chi connectivity index (χ0n) is 13.9. The Labute approximate surface area is 133 Å². The maximum atomic E-state index is 6.36. The Hall–Kier alpha value is -0.620. The van der Waals surface area contributed by atoms with Gasteiger partial charge < -0.3 is 15.0 Å². The molecular formula is C15H29ClN4O. The van der Waals surface area contributed by atoms with Crippen LogP contribution in [0.2, 0.25) is 5.02 Å². The minimum Gasteiger partial charge on any atom is -0.377 e. The first-order valence-corrected chi connectivity index (χ1v) is 8.04. The summed E-state index contributed by atoms with van der Waals surface area (Å²) in [5.74, 6) is 0. The van der Waals surface area contributed by atoms with E-state index in [0.717, 1.165) is 31.7 Å². The van der Waals surface area contributed by atoms with E-state index in [0.29, 0.717) is 11.6 Å². The normalized spacial score (nSPS) is 13.3. The number of nitrogens with one attached hydrogen (secondary N) is 1. The van der Waals surface area contributed by atoms with E-state index in [-0.39, 0.29) is 12.1 Å². The second kappa shape index (κ2) is 9.41. The number of hydrogen-bond acceptors (Lipinski definition) is 4. The molecule has 0 radical (unpaired) electrons. The fourth-order valence-corrected chi connectivity index (χ4v) is 2.31. The Kier molecular flexibility index (Phi) is 8.26. The molecule has 122 valence electrons. The van der Waals surface area contributed by atoms with Crippen LogP contribution in [0.1, 0.15) is 38.9 Å².